The summed E-state index contributed by atoms with van der Waals surface area (Å²) in [5.74, 6) is 0. The van der Waals surface area contributed by atoms with Gasteiger partial charge in [0.05, 0.1) is 22.2 Å². The summed E-state index contributed by atoms with van der Waals surface area (Å²) < 4.78 is 0. The van der Waals surface area contributed by atoms with Gasteiger partial charge in [0.2, 0.25) is 0 Å². The van der Waals surface area contributed by atoms with Crippen LogP contribution in [0.3, 0.4) is 0 Å². The van der Waals surface area contributed by atoms with E-state index in [4.69, 9.17) is 0 Å². The number of anilines is 1. The number of fused-ring (bicyclic) bond motifs is 1. The van der Waals surface area contributed by atoms with Crippen molar-refractivity contribution < 1.29 is 4.92 Å². The third-order valence-corrected chi connectivity index (χ3v) is 5.63. The molecule has 0 spiro atoms. The van der Waals surface area contributed by atoms with E-state index in [9.17, 15) is 14.9 Å². The minimum absolute atomic E-state index is 0.133. The summed E-state index contributed by atoms with van der Waals surface area (Å²) in [4.78, 5) is 32.1. The maximum Gasteiger partial charge on any atom is 0.293 e. The van der Waals surface area contributed by atoms with Crippen molar-refractivity contribution in [2.45, 2.75) is 38.8 Å². The van der Waals surface area contributed by atoms with Gasteiger partial charge < -0.3 is 10.3 Å². The fourth-order valence-electron chi connectivity index (χ4n) is 4.01. The van der Waals surface area contributed by atoms with Crippen LogP contribution in [0.5, 0.6) is 0 Å². The fraction of sp³-hybridized carbons (Fsp3) is 0.364. The highest BCUT2D eigenvalue weighted by atomic mass is 16.6. The summed E-state index contributed by atoms with van der Waals surface area (Å²) in [6.45, 7) is 3.56. The van der Waals surface area contributed by atoms with Crippen LogP contribution < -0.4 is 10.9 Å². The van der Waals surface area contributed by atoms with E-state index in [-0.39, 0.29) is 11.1 Å². The number of likely N-dealkylation sites (tertiary alicyclic amines) is 1. The van der Waals surface area contributed by atoms with Gasteiger partial charge in [-0.2, -0.15) is 0 Å². The molecule has 3 aromatic rings. The molecule has 8 heteroatoms. The van der Waals surface area contributed by atoms with Crippen molar-refractivity contribution in [1.29, 1.82) is 0 Å². The summed E-state index contributed by atoms with van der Waals surface area (Å²) in [6.07, 6.45) is 6.35. The summed E-state index contributed by atoms with van der Waals surface area (Å²) in [5, 5.41) is 15.0. The smallest absolute Gasteiger partial charge is 0.293 e. The minimum Gasteiger partial charge on any atom is -0.375 e. The van der Waals surface area contributed by atoms with E-state index in [1.165, 1.54) is 43.6 Å². The summed E-state index contributed by atoms with van der Waals surface area (Å²) in [5.41, 5.74) is 2.59. The molecule has 2 N–H and O–H groups in total. The molecule has 2 heterocycles. The maximum absolute atomic E-state index is 12.0. The molecule has 0 unspecified atom stereocenters. The molecule has 156 valence electrons. The van der Waals surface area contributed by atoms with Crippen molar-refractivity contribution >= 4 is 22.3 Å². The van der Waals surface area contributed by atoms with Gasteiger partial charge >= 0.3 is 0 Å². The highest BCUT2D eigenvalue weighted by molar-refractivity contribution is 5.86. The molecule has 0 radical (unpaired) electrons. The van der Waals surface area contributed by atoms with Crippen molar-refractivity contribution in [2.75, 3.05) is 18.4 Å². The van der Waals surface area contributed by atoms with Crippen LogP contribution in [0, 0.1) is 10.1 Å². The van der Waals surface area contributed by atoms with Crippen molar-refractivity contribution in [3.8, 4) is 0 Å². The van der Waals surface area contributed by atoms with Gasteiger partial charge in [-0.15, -0.1) is 0 Å². The number of rotatable bonds is 6. The zero-order valence-electron chi connectivity index (χ0n) is 16.8. The molecular weight excluding hydrogens is 382 g/mol. The van der Waals surface area contributed by atoms with E-state index in [1.54, 1.807) is 6.07 Å². The van der Waals surface area contributed by atoms with Crippen molar-refractivity contribution in [1.82, 2.24) is 14.9 Å². The highest BCUT2D eigenvalue weighted by Crippen LogP contribution is 2.28. The average molecular weight is 407 g/mol. The van der Waals surface area contributed by atoms with Crippen LogP contribution in [0.4, 0.5) is 11.4 Å². The normalized spacial score (nSPS) is 15.1. The topological polar surface area (TPSA) is 104 Å². The maximum atomic E-state index is 12.0. The second kappa shape index (κ2) is 9.04. The molecule has 4 rings (SSSR count). The third kappa shape index (κ3) is 4.49. The predicted octanol–water partition coefficient (Wildman–Crippen LogP) is 3.82. The molecule has 0 saturated carbocycles. The molecule has 1 fully saturated rings. The molecule has 0 aliphatic carbocycles. The van der Waals surface area contributed by atoms with Crippen LogP contribution in [0.15, 0.2) is 47.5 Å². The zero-order chi connectivity index (χ0) is 20.9. The zero-order valence-corrected chi connectivity index (χ0v) is 16.8. The lowest BCUT2D eigenvalue weighted by Crippen LogP contribution is -2.24. The number of nitrogens with zero attached hydrogens (tertiary/aromatic N) is 3. The van der Waals surface area contributed by atoms with Crippen LogP contribution in [0.2, 0.25) is 0 Å². The van der Waals surface area contributed by atoms with Gasteiger partial charge in [-0.05, 0) is 43.1 Å². The van der Waals surface area contributed by atoms with E-state index in [2.05, 4.69) is 32.3 Å². The predicted molar refractivity (Wildman–Crippen MR) is 117 cm³/mol. The Kier molecular flexibility index (Phi) is 6.04. The van der Waals surface area contributed by atoms with Crippen LogP contribution in [0.1, 0.15) is 36.8 Å². The Labute approximate surface area is 174 Å². The first kappa shape index (κ1) is 20.0. The summed E-state index contributed by atoms with van der Waals surface area (Å²) in [6, 6.07) is 11.0. The number of nitro groups is 1. The number of benzene rings is 2. The number of nitrogens with one attached hydrogen (secondary N) is 2. The fourth-order valence-corrected chi connectivity index (χ4v) is 4.01. The van der Waals surface area contributed by atoms with Crippen molar-refractivity contribution in [3.05, 3.63) is 74.3 Å². The second-order valence-corrected chi connectivity index (χ2v) is 7.69. The lowest BCUT2D eigenvalue weighted by molar-refractivity contribution is -0.383. The molecular formula is C22H25N5O3. The van der Waals surface area contributed by atoms with Gasteiger partial charge in [-0.1, -0.05) is 37.1 Å². The number of aromatic amines is 1. The summed E-state index contributed by atoms with van der Waals surface area (Å²) >= 11 is 0. The number of H-pyrrole nitrogens is 1. The standard InChI is InChI=1S/C22H25N5O3/c28-22-18-11-21(27(29)30)20(12-19(18)24-15-25-22)23-13-16-7-3-4-8-17(16)14-26-9-5-1-2-6-10-26/h3-4,7-8,11-12,15,23H,1-2,5-6,9-10,13-14H2,(H,24,25,28). The molecule has 1 aliphatic heterocycles. The number of nitro benzene ring substituents is 1. The van der Waals surface area contributed by atoms with Crippen molar-refractivity contribution in [3.63, 3.8) is 0 Å². The van der Waals surface area contributed by atoms with Crippen LogP contribution in [0.25, 0.3) is 10.9 Å². The van der Waals surface area contributed by atoms with Crippen LogP contribution in [-0.4, -0.2) is 32.9 Å². The van der Waals surface area contributed by atoms with Gasteiger partial charge in [0.25, 0.3) is 11.2 Å². The van der Waals surface area contributed by atoms with Crippen LogP contribution >= 0.6 is 0 Å². The highest BCUT2D eigenvalue weighted by Gasteiger charge is 2.18. The van der Waals surface area contributed by atoms with E-state index >= 15 is 0 Å². The first-order valence-electron chi connectivity index (χ1n) is 10.3. The Morgan fingerprint density at radius 1 is 1.10 bits per heavy atom. The number of aromatic nitrogens is 2. The molecule has 0 amide bonds. The summed E-state index contributed by atoms with van der Waals surface area (Å²) in [7, 11) is 0. The second-order valence-electron chi connectivity index (χ2n) is 7.69. The van der Waals surface area contributed by atoms with Gasteiger partial charge in [0.15, 0.2) is 0 Å². The van der Waals surface area contributed by atoms with Gasteiger partial charge in [0.1, 0.15) is 5.69 Å². The molecule has 0 atom stereocenters. The third-order valence-electron chi connectivity index (χ3n) is 5.63. The van der Waals surface area contributed by atoms with Gasteiger partial charge in [-0.25, -0.2) is 4.98 Å². The molecule has 1 saturated heterocycles. The molecule has 1 aliphatic rings. The van der Waals surface area contributed by atoms with Gasteiger partial charge in [-0.3, -0.25) is 19.8 Å². The van der Waals surface area contributed by atoms with Crippen molar-refractivity contribution in [2.24, 2.45) is 0 Å². The lowest BCUT2D eigenvalue weighted by atomic mass is 10.1. The Hall–Kier alpha value is -3.26. The monoisotopic (exact) mass is 407 g/mol. The quantitative estimate of drug-likeness (QED) is 0.475. The lowest BCUT2D eigenvalue weighted by Gasteiger charge is -2.21. The van der Waals surface area contributed by atoms with E-state index < -0.39 is 10.5 Å². The van der Waals surface area contributed by atoms with E-state index in [1.807, 2.05) is 12.1 Å². The van der Waals surface area contributed by atoms with E-state index in [0.717, 1.165) is 25.2 Å². The molecule has 0 bridgehead atoms. The first-order chi connectivity index (χ1) is 14.6. The Balaban J connectivity index is 1.57. The SMILES string of the molecule is O=c1[nH]cnc2cc(NCc3ccccc3CN3CCCCCC3)c([N+](=O)[O-])cc12. The molecule has 30 heavy (non-hydrogen) atoms. The largest absolute Gasteiger partial charge is 0.375 e. The molecule has 8 nitrogen and oxygen atoms in total. The van der Waals surface area contributed by atoms with Gasteiger partial charge in [0, 0.05) is 19.2 Å². The average Bonchev–Trinajstić information content (AvgIpc) is 3.01. The molecule has 2 aromatic carbocycles. The van der Waals surface area contributed by atoms with E-state index in [0.29, 0.717) is 17.7 Å². The number of hydrogen-bond acceptors (Lipinski definition) is 6. The Bertz CT molecular complexity index is 1100. The Morgan fingerprint density at radius 2 is 1.83 bits per heavy atom. The first-order valence-corrected chi connectivity index (χ1v) is 10.3. The molecule has 1 aromatic heterocycles. The number of hydrogen-bond donors (Lipinski definition) is 2. The minimum atomic E-state index is -0.475. The Morgan fingerprint density at radius 3 is 2.57 bits per heavy atom. The van der Waals surface area contributed by atoms with Crippen LogP contribution in [-0.2, 0) is 13.1 Å².